The molecule has 2 aromatic rings. The molecule has 3 N–H and O–H groups in total. The lowest BCUT2D eigenvalue weighted by atomic mass is 10.1. The number of hydrogen-bond acceptors (Lipinski definition) is 3. The van der Waals surface area contributed by atoms with Gasteiger partial charge in [-0.1, -0.05) is 31.3 Å². The van der Waals surface area contributed by atoms with Gasteiger partial charge in [0.15, 0.2) is 0 Å². The predicted octanol–water partition coefficient (Wildman–Crippen LogP) is 2.46. The van der Waals surface area contributed by atoms with Crippen LogP contribution in [-0.4, -0.2) is 16.6 Å². The molecule has 1 aromatic heterocycles. The van der Waals surface area contributed by atoms with E-state index in [1.165, 1.54) is 0 Å². The summed E-state index contributed by atoms with van der Waals surface area (Å²) in [6, 6.07) is 11.0. The lowest BCUT2D eigenvalue weighted by molar-refractivity contribution is 0.317. The standard InChI is InChI=1S/C15H16N2O2S/c1-2-8-19-11-5-3-4-10(9-11)13-7-6-12(14(16)20)15(18)17-13/h3-7,9H,2,8H2,1H3,(H2,16,20)(H,17,18). The van der Waals surface area contributed by atoms with Gasteiger partial charge in [-0.15, -0.1) is 0 Å². The van der Waals surface area contributed by atoms with Crippen LogP contribution in [-0.2, 0) is 0 Å². The van der Waals surface area contributed by atoms with Gasteiger partial charge in [0.1, 0.15) is 10.7 Å². The van der Waals surface area contributed by atoms with Crippen molar-refractivity contribution in [2.45, 2.75) is 13.3 Å². The van der Waals surface area contributed by atoms with Crippen LogP contribution in [0.15, 0.2) is 41.2 Å². The largest absolute Gasteiger partial charge is 0.494 e. The molecule has 5 heteroatoms. The van der Waals surface area contributed by atoms with Crippen LogP contribution in [0.5, 0.6) is 5.75 Å². The van der Waals surface area contributed by atoms with Crippen LogP contribution in [0.4, 0.5) is 0 Å². The van der Waals surface area contributed by atoms with Gasteiger partial charge in [0.05, 0.1) is 12.2 Å². The molecule has 0 aliphatic heterocycles. The summed E-state index contributed by atoms with van der Waals surface area (Å²) in [7, 11) is 0. The highest BCUT2D eigenvalue weighted by Gasteiger charge is 2.06. The number of thiocarbonyl (C=S) groups is 1. The molecule has 2 rings (SSSR count). The van der Waals surface area contributed by atoms with Gasteiger partial charge in [0, 0.05) is 11.3 Å². The number of benzene rings is 1. The van der Waals surface area contributed by atoms with Gasteiger partial charge in [-0.2, -0.15) is 0 Å². The van der Waals surface area contributed by atoms with Gasteiger partial charge in [-0.05, 0) is 30.7 Å². The van der Waals surface area contributed by atoms with Gasteiger partial charge in [-0.25, -0.2) is 0 Å². The normalized spacial score (nSPS) is 10.2. The SMILES string of the molecule is CCCOc1cccc(-c2ccc(C(N)=S)c(=O)[nH]2)c1. The Kier molecular flexibility index (Phi) is 4.53. The Bertz CT molecular complexity index is 680. The molecule has 0 saturated heterocycles. The zero-order valence-electron chi connectivity index (χ0n) is 11.2. The number of hydrogen-bond donors (Lipinski definition) is 2. The minimum Gasteiger partial charge on any atom is -0.494 e. The average Bonchev–Trinajstić information content (AvgIpc) is 2.45. The summed E-state index contributed by atoms with van der Waals surface area (Å²) in [5.74, 6) is 0.781. The Morgan fingerprint density at radius 2 is 2.15 bits per heavy atom. The quantitative estimate of drug-likeness (QED) is 0.829. The number of H-pyrrole nitrogens is 1. The van der Waals surface area contributed by atoms with E-state index in [0.717, 1.165) is 17.7 Å². The van der Waals surface area contributed by atoms with E-state index in [4.69, 9.17) is 22.7 Å². The first-order valence-electron chi connectivity index (χ1n) is 6.38. The third kappa shape index (κ3) is 3.24. The highest BCUT2D eigenvalue weighted by Crippen LogP contribution is 2.21. The fraction of sp³-hybridized carbons (Fsp3) is 0.200. The smallest absolute Gasteiger partial charge is 0.258 e. The average molecular weight is 288 g/mol. The van der Waals surface area contributed by atoms with Crippen molar-refractivity contribution in [1.82, 2.24) is 4.98 Å². The maximum Gasteiger partial charge on any atom is 0.258 e. The van der Waals surface area contributed by atoms with Crippen LogP contribution in [0.2, 0.25) is 0 Å². The first kappa shape index (κ1) is 14.3. The third-order valence-electron chi connectivity index (χ3n) is 2.79. The van der Waals surface area contributed by atoms with E-state index >= 15 is 0 Å². The Hall–Kier alpha value is -2.14. The maximum atomic E-state index is 11.9. The number of nitrogens with one attached hydrogen (secondary N) is 1. The number of aromatic nitrogens is 1. The molecule has 0 unspecified atom stereocenters. The summed E-state index contributed by atoms with van der Waals surface area (Å²) in [6.45, 7) is 2.72. The first-order chi connectivity index (χ1) is 9.61. The molecule has 0 atom stereocenters. The van der Waals surface area contributed by atoms with Gasteiger partial charge in [-0.3, -0.25) is 4.79 Å². The van der Waals surface area contributed by atoms with Gasteiger partial charge in [0.2, 0.25) is 0 Å². The van der Waals surface area contributed by atoms with Crippen LogP contribution >= 0.6 is 12.2 Å². The van der Waals surface area contributed by atoms with E-state index < -0.39 is 0 Å². The molecule has 0 saturated carbocycles. The van der Waals surface area contributed by atoms with Crippen molar-refractivity contribution in [3.63, 3.8) is 0 Å². The van der Waals surface area contributed by atoms with Crippen molar-refractivity contribution in [2.75, 3.05) is 6.61 Å². The summed E-state index contributed by atoms with van der Waals surface area (Å²) in [6.07, 6.45) is 0.948. The molecule has 0 fully saturated rings. The Morgan fingerprint density at radius 1 is 1.35 bits per heavy atom. The predicted molar refractivity (Wildman–Crippen MR) is 84.2 cm³/mol. The van der Waals surface area contributed by atoms with Crippen LogP contribution in [0, 0.1) is 0 Å². The molecule has 0 aliphatic carbocycles. The molecule has 0 aliphatic rings. The molecule has 1 heterocycles. The molecular weight excluding hydrogens is 272 g/mol. The summed E-state index contributed by atoms with van der Waals surface area (Å²) in [5.41, 5.74) is 7.10. The van der Waals surface area contributed by atoms with E-state index in [0.29, 0.717) is 17.9 Å². The first-order valence-corrected chi connectivity index (χ1v) is 6.79. The summed E-state index contributed by atoms with van der Waals surface area (Å²) in [5, 5.41) is 0. The molecule has 104 valence electrons. The van der Waals surface area contributed by atoms with Crippen molar-refractivity contribution in [3.05, 3.63) is 52.3 Å². The zero-order chi connectivity index (χ0) is 14.5. The molecule has 4 nitrogen and oxygen atoms in total. The fourth-order valence-corrected chi connectivity index (χ4v) is 1.97. The number of nitrogens with two attached hydrogens (primary N) is 1. The molecular formula is C15H16N2O2S. The second kappa shape index (κ2) is 6.34. The highest BCUT2D eigenvalue weighted by atomic mass is 32.1. The molecule has 1 aromatic carbocycles. The lowest BCUT2D eigenvalue weighted by Gasteiger charge is -2.07. The second-order valence-corrected chi connectivity index (χ2v) is 4.80. The Balaban J connectivity index is 2.34. The van der Waals surface area contributed by atoms with Crippen LogP contribution in [0.25, 0.3) is 11.3 Å². The van der Waals surface area contributed by atoms with Crippen molar-refractivity contribution < 1.29 is 4.74 Å². The molecule has 0 radical (unpaired) electrons. The molecule has 0 amide bonds. The van der Waals surface area contributed by atoms with E-state index in [9.17, 15) is 4.79 Å². The number of rotatable bonds is 5. The number of ether oxygens (including phenoxy) is 1. The summed E-state index contributed by atoms with van der Waals surface area (Å²) < 4.78 is 5.58. The van der Waals surface area contributed by atoms with E-state index in [1.54, 1.807) is 12.1 Å². The minimum atomic E-state index is -0.283. The number of aromatic amines is 1. The van der Waals surface area contributed by atoms with Crippen LogP contribution < -0.4 is 16.0 Å². The number of pyridine rings is 1. The molecule has 0 spiro atoms. The molecule has 0 bridgehead atoms. The van der Waals surface area contributed by atoms with E-state index in [1.807, 2.05) is 24.3 Å². The fourth-order valence-electron chi connectivity index (χ4n) is 1.81. The maximum absolute atomic E-state index is 11.9. The van der Waals surface area contributed by atoms with Crippen molar-refractivity contribution in [1.29, 1.82) is 0 Å². The van der Waals surface area contributed by atoms with Crippen molar-refractivity contribution in [2.24, 2.45) is 5.73 Å². The highest BCUT2D eigenvalue weighted by molar-refractivity contribution is 7.80. The third-order valence-corrected chi connectivity index (χ3v) is 3.01. The van der Waals surface area contributed by atoms with Gasteiger partial charge in [0.25, 0.3) is 5.56 Å². The summed E-state index contributed by atoms with van der Waals surface area (Å²) >= 11 is 4.82. The second-order valence-electron chi connectivity index (χ2n) is 4.36. The Labute approximate surface area is 122 Å². The van der Waals surface area contributed by atoms with E-state index in [2.05, 4.69) is 11.9 Å². The van der Waals surface area contributed by atoms with Crippen molar-refractivity contribution in [3.8, 4) is 17.0 Å². The Morgan fingerprint density at radius 3 is 2.80 bits per heavy atom. The van der Waals surface area contributed by atoms with Crippen molar-refractivity contribution >= 4 is 17.2 Å². The molecule has 20 heavy (non-hydrogen) atoms. The summed E-state index contributed by atoms with van der Waals surface area (Å²) in [4.78, 5) is 14.7. The lowest BCUT2D eigenvalue weighted by Crippen LogP contribution is -2.22. The van der Waals surface area contributed by atoms with E-state index in [-0.39, 0.29) is 10.5 Å². The van der Waals surface area contributed by atoms with Crippen LogP contribution in [0.3, 0.4) is 0 Å². The topological polar surface area (TPSA) is 68.1 Å². The minimum absolute atomic E-state index is 0.0952. The van der Waals surface area contributed by atoms with Gasteiger partial charge < -0.3 is 15.5 Å². The van der Waals surface area contributed by atoms with Crippen LogP contribution in [0.1, 0.15) is 18.9 Å². The monoisotopic (exact) mass is 288 g/mol. The zero-order valence-corrected chi connectivity index (χ0v) is 12.0. The van der Waals surface area contributed by atoms with Gasteiger partial charge >= 0.3 is 0 Å².